The van der Waals surface area contributed by atoms with Crippen LogP contribution in [0.15, 0.2) is 88.3 Å². The Balaban J connectivity index is 1.55. The van der Waals surface area contributed by atoms with E-state index in [4.69, 9.17) is 4.42 Å². The first kappa shape index (κ1) is 19.3. The minimum Gasteiger partial charge on any atom is -0.401 e. The Morgan fingerprint density at radius 3 is 2.37 bits per heavy atom. The molecular formula is C20H15N5O4S. The number of carbonyl (C=O) groups excluding carboxylic acids is 1. The monoisotopic (exact) mass is 421 g/mol. The zero-order chi connectivity index (χ0) is 21.0. The summed E-state index contributed by atoms with van der Waals surface area (Å²) >= 11 is 0. The molecule has 2 heterocycles. The zero-order valence-electron chi connectivity index (χ0n) is 15.4. The van der Waals surface area contributed by atoms with Gasteiger partial charge in [-0.2, -0.15) is 0 Å². The summed E-state index contributed by atoms with van der Waals surface area (Å²) in [6, 6.07) is 19.1. The second kappa shape index (κ2) is 8.13. The molecule has 0 unspecified atom stereocenters. The molecule has 1 amide bonds. The van der Waals surface area contributed by atoms with Gasteiger partial charge in [0.1, 0.15) is 5.69 Å². The van der Waals surface area contributed by atoms with E-state index in [0.717, 1.165) is 0 Å². The van der Waals surface area contributed by atoms with Crippen molar-refractivity contribution in [3.05, 3.63) is 84.6 Å². The van der Waals surface area contributed by atoms with Crippen molar-refractivity contribution < 1.29 is 17.6 Å². The lowest BCUT2D eigenvalue weighted by Gasteiger charge is -2.11. The number of para-hydroxylation sites is 1. The molecule has 0 aliphatic heterocycles. The maximum absolute atomic E-state index is 12.7. The second-order valence-electron chi connectivity index (χ2n) is 6.05. The summed E-state index contributed by atoms with van der Waals surface area (Å²) in [7, 11) is -3.86. The minimum atomic E-state index is -3.86. The molecular weight excluding hydrogens is 406 g/mol. The van der Waals surface area contributed by atoms with Crippen LogP contribution >= 0.6 is 0 Å². The predicted molar refractivity (Wildman–Crippen MR) is 109 cm³/mol. The van der Waals surface area contributed by atoms with Crippen molar-refractivity contribution in [3.63, 3.8) is 0 Å². The molecule has 0 atom stereocenters. The molecule has 2 N–H and O–H groups in total. The normalized spacial score (nSPS) is 11.1. The molecule has 4 rings (SSSR count). The number of nitrogens with zero attached hydrogens (tertiary/aromatic N) is 3. The molecule has 2 aromatic carbocycles. The molecule has 30 heavy (non-hydrogen) atoms. The SMILES string of the molecule is O=C(Nc1nnc(-c2ccccn2)o1)c1ccccc1NS(=O)(=O)c1ccccc1. The van der Waals surface area contributed by atoms with Crippen molar-refractivity contribution in [1.82, 2.24) is 15.2 Å². The highest BCUT2D eigenvalue weighted by molar-refractivity contribution is 7.92. The van der Waals surface area contributed by atoms with Crippen LogP contribution in [-0.2, 0) is 10.0 Å². The average molecular weight is 421 g/mol. The van der Waals surface area contributed by atoms with E-state index in [0.29, 0.717) is 5.69 Å². The lowest BCUT2D eigenvalue weighted by Crippen LogP contribution is -2.18. The van der Waals surface area contributed by atoms with E-state index in [1.54, 1.807) is 54.7 Å². The third kappa shape index (κ3) is 4.18. The fourth-order valence-corrected chi connectivity index (χ4v) is 3.71. The number of rotatable bonds is 6. The number of pyridine rings is 1. The molecule has 0 aliphatic carbocycles. The summed E-state index contributed by atoms with van der Waals surface area (Å²) in [5.74, 6) is -0.471. The molecule has 0 saturated carbocycles. The molecule has 0 radical (unpaired) electrons. The van der Waals surface area contributed by atoms with Gasteiger partial charge in [-0.15, -0.1) is 5.10 Å². The Labute approximate surface area is 171 Å². The first-order chi connectivity index (χ1) is 14.5. The third-order valence-electron chi connectivity index (χ3n) is 4.00. The smallest absolute Gasteiger partial charge is 0.322 e. The number of hydrogen-bond donors (Lipinski definition) is 2. The Bertz CT molecular complexity index is 1270. The molecule has 4 aromatic rings. The standard InChI is InChI=1S/C20H15N5O4S/c26-18(22-20-24-23-19(29-20)17-12-6-7-13-21-17)15-10-4-5-11-16(15)25-30(27,28)14-8-2-1-3-9-14/h1-13,25H,(H,22,24,26). The lowest BCUT2D eigenvalue weighted by molar-refractivity contribution is 0.102. The van der Waals surface area contributed by atoms with Gasteiger partial charge in [-0.1, -0.05) is 41.5 Å². The fourth-order valence-electron chi connectivity index (χ4n) is 2.60. The van der Waals surface area contributed by atoms with Gasteiger partial charge < -0.3 is 4.42 Å². The van der Waals surface area contributed by atoms with E-state index in [1.165, 1.54) is 24.3 Å². The van der Waals surface area contributed by atoms with Crippen LogP contribution in [0, 0.1) is 0 Å². The average Bonchev–Trinajstić information content (AvgIpc) is 3.23. The molecule has 0 saturated heterocycles. The molecule has 10 heteroatoms. The second-order valence-corrected chi connectivity index (χ2v) is 7.73. The van der Waals surface area contributed by atoms with Crippen LogP contribution in [0.3, 0.4) is 0 Å². The van der Waals surface area contributed by atoms with E-state index < -0.39 is 15.9 Å². The van der Waals surface area contributed by atoms with Gasteiger partial charge in [-0.3, -0.25) is 19.8 Å². The number of benzene rings is 2. The number of hydrogen-bond acceptors (Lipinski definition) is 7. The van der Waals surface area contributed by atoms with Crippen molar-refractivity contribution in [3.8, 4) is 11.6 Å². The third-order valence-corrected chi connectivity index (χ3v) is 5.38. The van der Waals surface area contributed by atoms with Gasteiger partial charge in [0, 0.05) is 6.20 Å². The molecule has 0 fully saturated rings. The summed E-state index contributed by atoms with van der Waals surface area (Å²) in [6.45, 7) is 0. The summed E-state index contributed by atoms with van der Waals surface area (Å²) < 4.78 is 33.1. The molecule has 0 spiro atoms. The predicted octanol–water partition coefficient (Wildman–Crippen LogP) is 3.18. The van der Waals surface area contributed by atoms with Crippen molar-refractivity contribution in [1.29, 1.82) is 0 Å². The Morgan fingerprint density at radius 1 is 0.867 bits per heavy atom. The van der Waals surface area contributed by atoms with E-state index in [2.05, 4.69) is 25.2 Å². The van der Waals surface area contributed by atoms with Crippen LogP contribution < -0.4 is 10.0 Å². The summed E-state index contributed by atoms with van der Waals surface area (Å²) in [5.41, 5.74) is 0.666. The van der Waals surface area contributed by atoms with E-state index in [9.17, 15) is 13.2 Å². The van der Waals surface area contributed by atoms with Crippen LogP contribution in [0.5, 0.6) is 0 Å². The quantitative estimate of drug-likeness (QED) is 0.489. The Morgan fingerprint density at radius 2 is 1.60 bits per heavy atom. The number of anilines is 2. The van der Waals surface area contributed by atoms with Gasteiger partial charge >= 0.3 is 6.01 Å². The number of sulfonamides is 1. The van der Waals surface area contributed by atoms with Gasteiger partial charge in [0.15, 0.2) is 0 Å². The summed E-state index contributed by atoms with van der Waals surface area (Å²) in [5, 5.41) is 10.1. The first-order valence-electron chi connectivity index (χ1n) is 8.76. The number of nitrogens with one attached hydrogen (secondary N) is 2. The Hall–Kier alpha value is -4.05. The van der Waals surface area contributed by atoms with Gasteiger partial charge in [-0.25, -0.2) is 8.42 Å². The highest BCUT2D eigenvalue weighted by Gasteiger charge is 2.20. The maximum Gasteiger partial charge on any atom is 0.322 e. The summed E-state index contributed by atoms with van der Waals surface area (Å²) in [4.78, 5) is 16.9. The number of carbonyl (C=O) groups is 1. The topological polar surface area (TPSA) is 127 Å². The van der Waals surface area contributed by atoms with Gasteiger partial charge in [0.05, 0.1) is 16.1 Å². The number of amides is 1. The van der Waals surface area contributed by atoms with Crippen LogP contribution in [0.1, 0.15) is 10.4 Å². The molecule has 2 aromatic heterocycles. The lowest BCUT2D eigenvalue weighted by atomic mass is 10.2. The Kier molecular flexibility index (Phi) is 5.22. The van der Waals surface area contributed by atoms with E-state index in [-0.39, 0.29) is 28.1 Å². The van der Waals surface area contributed by atoms with Crippen LogP contribution in [0.4, 0.5) is 11.7 Å². The molecule has 0 aliphatic rings. The number of aromatic nitrogens is 3. The van der Waals surface area contributed by atoms with Gasteiger partial charge in [-0.05, 0) is 36.4 Å². The largest absolute Gasteiger partial charge is 0.401 e. The van der Waals surface area contributed by atoms with E-state index in [1.807, 2.05) is 0 Å². The first-order valence-corrected chi connectivity index (χ1v) is 10.2. The van der Waals surface area contributed by atoms with Crippen molar-refractivity contribution in [2.24, 2.45) is 0 Å². The van der Waals surface area contributed by atoms with Gasteiger partial charge in [0.2, 0.25) is 0 Å². The fraction of sp³-hybridized carbons (Fsp3) is 0. The van der Waals surface area contributed by atoms with Crippen molar-refractivity contribution in [2.45, 2.75) is 4.90 Å². The van der Waals surface area contributed by atoms with Crippen LogP contribution in [-0.4, -0.2) is 29.5 Å². The van der Waals surface area contributed by atoms with Gasteiger partial charge in [0.25, 0.3) is 21.8 Å². The maximum atomic E-state index is 12.7. The summed E-state index contributed by atoms with van der Waals surface area (Å²) in [6.07, 6.45) is 1.58. The zero-order valence-corrected chi connectivity index (χ0v) is 16.2. The highest BCUT2D eigenvalue weighted by atomic mass is 32.2. The van der Waals surface area contributed by atoms with Crippen LogP contribution in [0.25, 0.3) is 11.6 Å². The van der Waals surface area contributed by atoms with Crippen molar-refractivity contribution >= 4 is 27.6 Å². The van der Waals surface area contributed by atoms with E-state index >= 15 is 0 Å². The molecule has 9 nitrogen and oxygen atoms in total. The minimum absolute atomic E-state index is 0.0807. The molecule has 150 valence electrons. The van der Waals surface area contributed by atoms with Crippen LogP contribution in [0.2, 0.25) is 0 Å². The highest BCUT2D eigenvalue weighted by Crippen LogP contribution is 2.22. The molecule has 0 bridgehead atoms. The van der Waals surface area contributed by atoms with Crippen molar-refractivity contribution in [2.75, 3.05) is 10.0 Å².